The molecule has 1 aliphatic rings. The molecule has 0 saturated carbocycles. The molecule has 0 aliphatic carbocycles. The van der Waals surface area contributed by atoms with Crippen LogP contribution in [0.4, 0.5) is 0 Å². The minimum absolute atomic E-state index is 0.120. The van der Waals surface area contributed by atoms with E-state index in [1.165, 1.54) is 6.07 Å². The molecule has 1 aliphatic heterocycles. The van der Waals surface area contributed by atoms with Gasteiger partial charge in [0.25, 0.3) is 0 Å². The van der Waals surface area contributed by atoms with Gasteiger partial charge in [0.05, 0.1) is 0 Å². The fraction of sp³-hybridized carbons (Fsp3) is 0.455. The van der Waals surface area contributed by atoms with Gasteiger partial charge in [0.15, 0.2) is 11.9 Å². The van der Waals surface area contributed by atoms with Crippen molar-refractivity contribution >= 4 is 17.5 Å². The quantitative estimate of drug-likeness (QED) is 0.758. The van der Waals surface area contributed by atoms with E-state index in [-0.39, 0.29) is 11.3 Å². The molecule has 0 spiro atoms. The van der Waals surface area contributed by atoms with E-state index < -0.39 is 11.7 Å². The topological polar surface area (TPSA) is 48.7 Å². The van der Waals surface area contributed by atoms with Crippen LogP contribution in [0.1, 0.15) is 31.6 Å². The van der Waals surface area contributed by atoms with Crippen molar-refractivity contribution in [3.8, 4) is 0 Å². The maximum Gasteiger partial charge on any atom is 0.353 e. The fourth-order valence-corrected chi connectivity index (χ4v) is 1.91. The van der Waals surface area contributed by atoms with Crippen molar-refractivity contribution < 1.29 is 13.9 Å². The minimum atomic E-state index is -0.402. The molecular weight excluding hydrogens is 228 g/mol. The van der Waals surface area contributed by atoms with Gasteiger partial charge in [-0.05, 0) is 12.5 Å². The van der Waals surface area contributed by atoms with E-state index in [1.54, 1.807) is 12.1 Å². The van der Waals surface area contributed by atoms with Gasteiger partial charge < -0.3 is 13.9 Å². The zero-order chi connectivity index (χ0) is 11.5. The van der Waals surface area contributed by atoms with Crippen molar-refractivity contribution in [2.24, 2.45) is 0 Å². The Kier molecular flexibility index (Phi) is 3.24. The molecule has 5 heteroatoms. The van der Waals surface area contributed by atoms with Gasteiger partial charge in [0, 0.05) is 18.3 Å². The Morgan fingerprint density at radius 1 is 1.38 bits per heavy atom. The lowest BCUT2D eigenvalue weighted by Crippen LogP contribution is -2.16. The third-order valence-corrected chi connectivity index (χ3v) is 2.57. The average molecular weight is 240 g/mol. The largest absolute Gasteiger partial charge is 0.449 e. The molecule has 4 nitrogen and oxygen atoms in total. The van der Waals surface area contributed by atoms with Crippen LogP contribution in [-0.4, -0.2) is 11.3 Å². The normalized spacial score (nSPS) is 23.9. The Balaban J connectivity index is 2.25. The molecule has 1 fully saturated rings. The van der Waals surface area contributed by atoms with Crippen molar-refractivity contribution in [3.05, 3.63) is 34.4 Å². The van der Waals surface area contributed by atoms with E-state index in [0.29, 0.717) is 5.76 Å². The Labute approximate surface area is 98.2 Å². The van der Waals surface area contributed by atoms with Gasteiger partial charge in [0.1, 0.15) is 6.10 Å². The molecule has 86 valence electrons. The third kappa shape index (κ3) is 2.24. The van der Waals surface area contributed by atoms with Crippen LogP contribution < -0.4 is 5.63 Å². The van der Waals surface area contributed by atoms with E-state index in [4.69, 9.17) is 26.1 Å². The summed E-state index contributed by atoms with van der Waals surface area (Å²) in [5, 5.41) is 0.120. The number of hydrogen-bond acceptors (Lipinski definition) is 5. The van der Waals surface area contributed by atoms with Gasteiger partial charge in [-0.3, -0.25) is 0 Å². The van der Waals surface area contributed by atoms with Gasteiger partial charge in [-0.1, -0.05) is 19.4 Å². The zero-order valence-corrected chi connectivity index (χ0v) is 9.66. The summed E-state index contributed by atoms with van der Waals surface area (Å²) in [6.07, 6.45) is 1.19. The van der Waals surface area contributed by atoms with Gasteiger partial charge in [-0.25, -0.2) is 4.79 Å². The van der Waals surface area contributed by atoms with Crippen LogP contribution >= 0.6 is 12.2 Å². The first-order chi connectivity index (χ1) is 7.70. The first kappa shape index (κ1) is 11.1. The standard InChI is InChI=1S/C11H12O4S/c1-2-4-7-10(15-11(16)14-7)8-5-3-6-9(12)13-8/h3,5-7,10H,2,4H2,1H3/t7-,10+/m1/s1. The van der Waals surface area contributed by atoms with E-state index in [0.717, 1.165) is 12.8 Å². The van der Waals surface area contributed by atoms with Crippen LogP contribution in [0.3, 0.4) is 0 Å². The number of ether oxygens (including phenoxy) is 2. The summed E-state index contributed by atoms with van der Waals surface area (Å²) in [5.74, 6) is 0.464. The highest BCUT2D eigenvalue weighted by Gasteiger charge is 2.36. The molecular formula is C11H12O4S. The smallest absolute Gasteiger partial charge is 0.353 e. The Hall–Kier alpha value is -1.36. The molecule has 2 heterocycles. The first-order valence-electron chi connectivity index (χ1n) is 5.18. The molecule has 0 N–H and O–H groups in total. The Morgan fingerprint density at radius 2 is 2.19 bits per heavy atom. The molecule has 2 rings (SSSR count). The van der Waals surface area contributed by atoms with E-state index in [9.17, 15) is 4.79 Å². The lowest BCUT2D eigenvalue weighted by atomic mass is 10.1. The molecule has 0 radical (unpaired) electrons. The van der Waals surface area contributed by atoms with Crippen LogP contribution in [-0.2, 0) is 9.47 Å². The summed E-state index contributed by atoms with van der Waals surface area (Å²) in [6.45, 7) is 2.04. The van der Waals surface area contributed by atoms with E-state index in [2.05, 4.69) is 0 Å². The third-order valence-electron chi connectivity index (χ3n) is 2.37. The predicted molar refractivity (Wildman–Crippen MR) is 61.2 cm³/mol. The molecule has 0 aromatic carbocycles. The fourth-order valence-electron chi connectivity index (χ4n) is 1.69. The van der Waals surface area contributed by atoms with Crippen LogP contribution in [0.2, 0.25) is 0 Å². The highest BCUT2D eigenvalue weighted by Crippen LogP contribution is 2.32. The molecule has 0 amide bonds. The van der Waals surface area contributed by atoms with Gasteiger partial charge in [-0.15, -0.1) is 0 Å². The van der Waals surface area contributed by atoms with Crippen molar-refractivity contribution in [1.29, 1.82) is 0 Å². The lowest BCUT2D eigenvalue weighted by molar-refractivity contribution is 0.123. The second-order valence-electron chi connectivity index (χ2n) is 3.58. The molecule has 2 atom stereocenters. The second kappa shape index (κ2) is 4.65. The van der Waals surface area contributed by atoms with E-state index in [1.807, 2.05) is 6.92 Å². The summed E-state index contributed by atoms with van der Waals surface area (Å²) in [7, 11) is 0. The maximum atomic E-state index is 11.1. The molecule has 1 aromatic heterocycles. The van der Waals surface area contributed by atoms with Crippen molar-refractivity contribution in [3.63, 3.8) is 0 Å². The zero-order valence-electron chi connectivity index (χ0n) is 8.84. The minimum Gasteiger partial charge on any atom is -0.449 e. The summed E-state index contributed by atoms with van der Waals surface area (Å²) in [4.78, 5) is 11.1. The molecule has 0 unspecified atom stereocenters. The summed E-state index contributed by atoms with van der Waals surface area (Å²) < 4.78 is 15.8. The summed E-state index contributed by atoms with van der Waals surface area (Å²) in [5.41, 5.74) is -0.394. The molecule has 16 heavy (non-hydrogen) atoms. The Morgan fingerprint density at radius 3 is 2.88 bits per heavy atom. The van der Waals surface area contributed by atoms with Gasteiger partial charge in [0.2, 0.25) is 0 Å². The summed E-state index contributed by atoms with van der Waals surface area (Å²) in [6, 6.07) is 4.69. The molecule has 1 saturated heterocycles. The second-order valence-corrected chi connectivity index (χ2v) is 3.92. The van der Waals surface area contributed by atoms with Gasteiger partial charge >= 0.3 is 10.9 Å². The maximum absolute atomic E-state index is 11.1. The predicted octanol–water partition coefficient (Wildman–Crippen LogP) is 2.18. The van der Waals surface area contributed by atoms with Crippen molar-refractivity contribution in [2.75, 3.05) is 0 Å². The molecule has 1 aromatic rings. The molecule has 0 bridgehead atoms. The monoisotopic (exact) mass is 240 g/mol. The first-order valence-corrected chi connectivity index (χ1v) is 5.59. The average Bonchev–Trinajstić information content (AvgIpc) is 2.60. The van der Waals surface area contributed by atoms with Gasteiger partial charge in [-0.2, -0.15) is 0 Å². The van der Waals surface area contributed by atoms with E-state index >= 15 is 0 Å². The van der Waals surface area contributed by atoms with Crippen LogP contribution in [0, 0.1) is 0 Å². The summed E-state index contributed by atoms with van der Waals surface area (Å²) >= 11 is 4.86. The SMILES string of the molecule is CCC[C@H]1OC(=S)O[C@@H]1c1cccc(=O)o1. The number of thiocarbonyl (C=S) groups is 1. The lowest BCUT2D eigenvalue weighted by Gasteiger charge is -2.13. The highest BCUT2D eigenvalue weighted by atomic mass is 32.1. The highest BCUT2D eigenvalue weighted by molar-refractivity contribution is 7.79. The Bertz CT molecular complexity index is 440. The van der Waals surface area contributed by atoms with Crippen LogP contribution in [0.25, 0.3) is 0 Å². The van der Waals surface area contributed by atoms with Crippen molar-refractivity contribution in [2.45, 2.75) is 32.0 Å². The number of hydrogen-bond donors (Lipinski definition) is 0. The number of rotatable bonds is 3. The van der Waals surface area contributed by atoms with Crippen molar-refractivity contribution in [1.82, 2.24) is 0 Å². The van der Waals surface area contributed by atoms with Crippen LogP contribution in [0.5, 0.6) is 0 Å². The van der Waals surface area contributed by atoms with Crippen LogP contribution in [0.15, 0.2) is 27.4 Å².